The number of benzene rings is 2. The van der Waals surface area contributed by atoms with Gasteiger partial charge in [-0.3, -0.25) is 14.9 Å². The number of nitrogens with zero attached hydrogens (tertiary/aromatic N) is 1. The fraction of sp³-hybridized carbons (Fsp3) is 0.278. The predicted octanol–water partition coefficient (Wildman–Crippen LogP) is 3.15. The SMILES string of the molecule is O=C(CCNc1ccccc1[N+](=O)[O-])NCC(O)c1ccc(OC(F)(F)F)cc1. The summed E-state index contributed by atoms with van der Waals surface area (Å²) >= 11 is 0. The summed E-state index contributed by atoms with van der Waals surface area (Å²) in [6.07, 6.45) is -5.93. The largest absolute Gasteiger partial charge is 0.573 e. The molecule has 2 aromatic rings. The van der Waals surface area contributed by atoms with E-state index in [1.807, 2.05) is 0 Å². The summed E-state index contributed by atoms with van der Waals surface area (Å²) in [6.45, 7) is -0.0138. The van der Waals surface area contributed by atoms with Crippen molar-refractivity contribution in [2.24, 2.45) is 0 Å². The predicted molar refractivity (Wildman–Crippen MR) is 97.3 cm³/mol. The quantitative estimate of drug-likeness (QED) is 0.430. The molecule has 29 heavy (non-hydrogen) atoms. The molecule has 2 rings (SSSR count). The minimum absolute atomic E-state index is 0.00285. The van der Waals surface area contributed by atoms with Crippen molar-refractivity contribution < 1.29 is 32.7 Å². The van der Waals surface area contributed by atoms with Crippen molar-refractivity contribution in [1.29, 1.82) is 0 Å². The zero-order valence-electron chi connectivity index (χ0n) is 15.0. The Morgan fingerprint density at radius 2 is 1.83 bits per heavy atom. The molecule has 156 valence electrons. The van der Waals surface area contributed by atoms with Crippen LogP contribution in [0.25, 0.3) is 0 Å². The number of hydrogen-bond acceptors (Lipinski definition) is 6. The van der Waals surface area contributed by atoms with Gasteiger partial charge in [0.25, 0.3) is 5.69 Å². The highest BCUT2D eigenvalue weighted by atomic mass is 19.4. The number of nitro benzene ring substituents is 1. The third-order valence-electron chi connectivity index (χ3n) is 3.76. The average Bonchev–Trinajstić information content (AvgIpc) is 2.65. The number of carbonyl (C=O) groups is 1. The van der Waals surface area contributed by atoms with E-state index in [9.17, 15) is 33.2 Å². The van der Waals surface area contributed by atoms with E-state index >= 15 is 0 Å². The first kappa shape index (κ1) is 22.0. The first-order valence-electron chi connectivity index (χ1n) is 8.43. The second kappa shape index (κ2) is 9.73. The standard InChI is InChI=1S/C18H18F3N3O5/c19-18(20,21)29-13-7-5-12(6-8-13)16(25)11-23-17(26)9-10-22-14-3-1-2-4-15(14)24(27)28/h1-8,16,22,25H,9-11H2,(H,23,26). The van der Waals surface area contributed by atoms with E-state index in [2.05, 4.69) is 15.4 Å². The van der Waals surface area contributed by atoms with E-state index in [-0.39, 0.29) is 30.9 Å². The van der Waals surface area contributed by atoms with Gasteiger partial charge in [0, 0.05) is 25.6 Å². The van der Waals surface area contributed by atoms with E-state index in [4.69, 9.17) is 0 Å². The summed E-state index contributed by atoms with van der Waals surface area (Å²) in [4.78, 5) is 22.2. The lowest BCUT2D eigenvalue weighted by Gasteiger charge is -2.14. The van der Waals surface area contributed by atoms with Crippen LogP contribution in [0.5, 0.6) is 5.75 Å². The van der Waals surface area contributed by atoms with Crippen molar-refractivity contribution in [2.75, 3.05) is 18.4 Å². The second-order valence-corrected chi connectivity index (χ2v) is 5.89. The van der Waals surface area contributed by atoms with Crippen molar-refractivity contribution >= 4 is 17.3 Å². The minimum Gasteiger partial charge on any atom is -0.406 e. The van der Waals surface area contributed by atoms with Gasteiger partial charge in [-0.2, -0.15) is 0 Å². The van der Waals surface area contributed by atoms with Gasteiger partial charge in [0.05, 0.1) is 11.0 Å². The number of carbonyl (C=O) groups excluding carboxylic acids is 1. The van der Waals surface area contributed by atoms with Gasteiger partial charge in [0.2, 0.25) is 5.91 Å². The number of aliphatic hydroxyl groups excluding tert-OH is 1. The van der Waals surface area contributed by atoms with Gasteiger partial charge in [-0.05, 0) is 23.8 Å². The molecule has 0 radical (unpaired) electrons. The van der Waals surface area contributed by atoms with Crippen LogP contribution in [0.15, 0.2) is 48.5 Å². The van der Waals surface area contributed by atoms with Crippen molar-refractivity contribution in [3.05, 3.63) is 64.2 Å². The molecular formula is C18H18F3N3O5. The molecular weight excluding hydrogens is 395 g/mol. The van der Waals surface area contributed by atoms with Crippen molar-refractivity contribution in [3.8, 4) is 5.75 Å². The van der Waals surface area contributed by atoms with Crippen LogP contribution in [-0.2, 0) is 4.79 Å². The zero-order valence-corrected chi connectivity index (χ0v) is 15.0. The molecule has 2 aromatic carbocycles. The number of anilines is 1. The number of amides is 1. The van der Waals surface area contributed by atoms with Gasteiger partial charge in [-0.15, -0.1) is 13.2 Å². The lowest BCUT2D eigenvalue weighted by Crippen LogP contribution is -2.29. The van der Waals surface area contributed by atoms with Gasteiger partial charge >= 0.3 is 6.36 Å². The number of nitrogens with one attached hydrogen (secondary N) is 2. The molecule has 0 aliphatic heterocycles. The van der Waals surface area contributed by atoms with Crippen LogP contribution in [0.2, 0.25) is 0 Å². The zero-order chi connectivity index (χ0) is 21.4. The van der Waals surface area contributed by atoms with E-state index in [0.717, 1.165) is 12.1 Å². The third kappa shape index (κ3) is 7.30. The second-order valence-electron chi connectivity index (χ2n) is 5.89. The maximum Gasteiger partial charge on any atom is 0.573 e. The summed E-state index contributed by atoms with van der Waals surface area (Å²) in [5, 5.41) is 26.2. The van der Waals surface area contributed by atoms with E-state index in [1.165, 1.54) is 30.3 Å². The lowest BCUT2D eigenvalue weighted by atomic mass is 10.1. The Bertz CT molecular complexity index is 843. The topological polar surface area (TPSA) is 114 Å². The Labute approximate surface area is 163 Å². The van der Waals surface area contributed by atoms with E-state index < -0.39 is 29.0 Å². The molecule has 0 saturated heterocycles. The Balaban J connectivity index is 1.77. The van der Waals surface area contributed by atoms with Crippen molar-refractivity contribution in [2.45, 2.75) is 18.9 Å². The molecule has 8 nitrogen and oxygen atoms in total. The summed E-state index contributed by atoms with van der Waals surface area (Å²) in [5.41, 5.74) is 0.477. The van der Waals surface area contributed by atoms with Crippen LogP contribution in [0, 0.1) is 10.1 Å². The molecule has 0 bridgehead atoms. The van der Waals surface area contributed by atoms with E-state index in [1.54, 1.807) is 6.07 Å². The maximum absolute atomic E-state index is 12.1. The summed E-state index contributed by atoms with van der Waals surface area (Å²) in [5.74, 6) is -0.828. The Morgan fingerprint density at radius 3 is 2.45 bits per heavy atom. The molecule has 0 saturated carbocycles. The van der Waals surface area contributed by atoms with Gasteiger partial charge in [0.1, 0.15) is 11.4 Å². The maximum atomic E-state index is 12.1. The molecule has 0 spiro atoms. The van der Waals surface area contributed by atoms with Crippen molar-refractivity contribution in [1.82, 2.24) is 5.32 Å². The molecule has 1 atom stereocenters. The number of halogens is 3. The van der Waals surface area contributed by atoms with Crippen LogP contribution < -0.4 is 15.4 Å². The molecule has 11 heteroatoms. The number of alkyl halides is 3. The van der Waals surface area contributed by atoms with Crippen LogP contribution in [0.1, 0.15) is 18.1 Å². The number of hydrogen-bond donors (Lipinski definition) is 3. The fourth-order valence-corrected chi connectivity index (χ4v) is 2.40. The van der Waals surface area contributed by atoms with Gasteiger partial charge in [0.15, 0.2) is 0 Å². The molecule has 1 unspecified atom stereocenters. The van der Waals surface area contributed by atoms with E-state index in [0.29, 0.717) is 5.56 Å². The molecule has 3 N–H and O–H groups in total. The lowest BCUT2D eigenvalue weighted by molar-refractivity contribution is -0.384. The molecule has 0 aromatic heterocycles. The van der Waals surface area contributed by atoms with Gasteiger partial charge in [-0.1, -0.05) is 24.3 Å². The molecule has 0 fully saturated rings. The molecule has 0 aliphatic rings. The normalized spacial score (nSPS) is 12.1. The fourth-order valence-electron chi connectivity index (χ4n) is 2.40. The minimum atomic E-state index is -4.80. The molecule has 0 aliphatic carbocycles. The average molecular weight is 413 g/mol. The summed E-state index contributed by atoms with van der Waals surface area (Å²) in [6, 6.07) is 10.6. The first-order chi connectivity index (χ1) is 13.7. The van der Waals surface area contributed by atoms with Gasteiger partial charge in [-0.25, -0.2) is 0 Å². The number of ether oxygens (including phenoxy) is 1. The van der Waals surface area contributed by atoms with Crippen LogP contribution >= 0.6 is 0 Å². The van der Waals surface area contributed by atoms with Crippen LogP contribution in [0.4, 0.5) is 24.5 Å². The molecule has 0 heterocycles. The van der Waals surface area contributed by atoms with Crippen LogP contribution in [0.3, 0.4) is 0 Å². The Hall–Kier alpha value is -3.34. The van der Waals surface area contributed by atoms with Crippen LogP contribution in [-0.4, -0.2) is 35.4 Å². The molecule has 1 amide bonds. The third-order valence-corrected chi connectivity index (χ3v) is 3.76. The summed E-state index contributed by atoms with van der Waals surface area (Å²) < 4.78 is 40.1. The highest BCUT2D eigenvalue weighted by Gasteiger charge is 2.31. The number of nitro groups is 1. The first-order valence-corrected chi connectivity index (χ1v) is 8.43. The summed E-state index contributed by atoms with van der Waals surface area (Å²) in [7, 11) is 0. The number of aliphatic hydroxyl groups is 1. The Kier molecular flexibility index (Phi) is 7.37. The highest BCUT2D eigenvalue weighted by molar-refractivity contribution is 5.76. The number of rotatable bonds is 9. The van der Waals surface area contributed by atoms with Gasteiger partial charge < -0.3 is 20.5 Å². The Morgan fingerprint density at radius 1 is 1.17 bits per heavy atom. The monoisotopic (exact) mass is 413 g/mol. The van der Waals surface area contributed by atoms with Crippen molar-refractivity contribution in [3.63, 3.8) is 0 Å². The highest BCUT2D eigenvalue weighted by Crippen LogP contribution is 2.24. The smallest absolute Gasteiger partial charge is 0.406 e. The number of para-hydroxylation sites is 2.